The van der Waals surface area contributed by atoms with Gasteiger partial charge in [0.15, 0.2) is 0 Å². The lowest BCUT2D eigenvalue weighted by atomic mass is 9.77. The van der Waals surface area contributed by atoms with Crippen LogP contribution in [0.15, 0.2) is 0 Å². The molecule has 2 aliphatic heterocycles. The molecule has 3 N–H and O–H groups in total. The summed E-state index contributed by atoms with van der Waals surface area (Å²) in [5, 5.41) is 8.62. The summed E-state index contributed by atoms with van der Waals surface area (Å²) in [6.07, 6.45) is 2.70. The minimum absolute atomic E-state index is 0.00702. The zero-order valence-corrected chi connectivity index (χ0v) is 34.3. The third-order valence-electron chi connectivity index (χ3n) is 12.6. The minimum Gasteiger partial charge on any atom is -0.380 e. The molecule has 2 aliphatic carbocycles. The van der Waals surface area contributed by atoms with Gasteiger partial charge < -0.3 is 25.6 Å². The van der Waals surface area contributed by atoms with Crippen LogP contribution < -0.4 is 16.0 Å². The quantitative estimate of drug-likeness (QED) is 0.213. The Hall–Kier alpha value is -2.62. The van der Waals surface area contributed by atoms with Crippen molar-refractivity contribution in [2.75, 3.05) is 47.4 Å². The van der Waals surface area contributed by atoms with E-state index in [-0.39, 0.29) is 42.2 Å². The molecular formula is C37H64N6O8S. The van der Waals surface area contributed by atoms with Crippen molar-refractivity contribution < 1.29 is 37.1 Å². The van der Waals surface area contributed by atoms with E-state index >= 15 is 0 Å². The van der Waals surface area contributed by atoms with Crippen molar-refractivity contribution in [1.29, 1.82) is 0 Å². The van der Waals surface area contributed by atoms with Crippen LogP contribution in [0.2, 0.25) is 0 Å². The van der Waals surface area contributed by atoms with E-state index in [4.69, 9.17) is 4.74 Å². The van der Waals surface area contributed by atoms with Gasteiger partial charge >= 0.3 is 0 Å². The molecule has 0 unspecified atom stereocenters. The molecule has 0 bridgehead atoms. The smallest absolute Gasteiger partial charge is 0.289 e. The molecule has 4 fully saturated rings. The largest absolute Gasteiger partial charge is 0.380 e. The van der Waals surface area contributed by atoms with Gasteiger partial charge in [-0.2, -0.15) is 17.0 Å². The second kappa shape index (κ2) is 14.6. The number of hydrogen-bond acceptors (Lipinski definition) is 8. The molecule has 2 saturated heterocycles. The van der Waals surface area contributed by atoms with Crippen molar-refractivity contribution in [1.82, 2.24) is 29.5 Å². The number of nitrogens with one attached hydrogen (secondary N) is 3. The van der Waals surface area contributed by atoms with Gasteiger partial charge in [-0.15, -0.1) is 0 Å². The fourth-order valence-electron chi connectivity index (χ4n) is 8.41. The van der Waals surface area contributed by atoms with Gasteiger partial charge in [0.05, 0.1) is 25.2 Å². The number of hydrogen-bond donors (Lipinski definition) is 3. The topological polar surface area (TPSA) is 175 Å². The lowest BCUT2D eigenvalue weighted by Gasteiger charge is -2.37. The second-order valence-electron chi connectivity index (χ2n) is 18.6. The van der Waals surface area contributed by atoms with Gasteiger partial charge in [-0.05, 0) is 41.9 Å². The van der Waals surface area contributed by atoms with E-state index in [0.29, 0.717) is 32.6 Å². The molecule has 0 radical (unpaired) electrons. The number of carbonyl (C=O) groups is 5. The Bertz CT molecular complexity index is 1520. The summed E-state index contributed by atoms with van der Waals surface area (Å²) in [5.41, 5.74) is -2.01. The van der Waals surface area contributed by atoms with E-state index in [1.807, 2.05) is 48.5 Å². The van der Waals surface area contributed by atoms with Crippen LogP contribution in [0.1, 0.15) is 101 Å². The van der Waals surface area contributed by atoms with E-state index in [1.165, 1.54) is 25.4 Å². The number of Topliss-reactive ketones (excluding diaryl/α,β-unsaturated/α-hetero) is 1. The summed E-state index contributed by atoms with van der Waals surface area (Å²) < 4.78 is 33.6. The highest BCUT2D eigenvalue weighted by atomic mass is 32.2. The monoisotopic (exact) mass is 752 g/mol. The molecular weight excluding hydrogens is 689 g/mol. The summed E-state index contributed by atoms with van der Waals surface area (Å²) >= 11 is 0. The molecule has 5 atom stereocenters. The number of rotatable bonds is 15. The normalized spacial score (nSPS) is 25.4. The van der Waals surface area contributed by atoms with Crippen molar-refractivity contribution >= 4 is 39.6 Å². The van der Waals surface area contributed by atoms with Crippen LogP contribution in [0.4, 0.5) is 0 Å². The first-order chi connectivity index (χ1) is 23.8. The molecule has 15 heteroatoms. The van der Waals surface area contributed by atoms with Crippen LogP contribution >= 0.6 is 0 Å². The number of ether oxygens (including phenoxy) is 1. The number of likely N-dealkylation sites (N-methyl/N-ethyl adjacent to an activating group) is 1. The van der Waals surface area contributed by atoms with Crippen molar-refractivity contribution in [2.24, 2.45) is 33.0 Å². The Morgan fingerprint density at radius 2 is 1.52 bits per heavy atom. The highest BCUT2D eigenvalue weighted by Crippen LogP contribution is 2.84. The third-order valence-corrected chi connectivity index (χ3v) is 14.5. The van der Waals surface area contributed by atoms with Gasteiger partial charge in [-0.3, -0.25) is 24.0 Å². The molecule has 2 heterocycles. The molecule has 0 aromatic heterocycles. The van der Waals surface area contributed by atoms with Crippen LogP contribution in [-0.4, -0.2) is 123 Å². The number of fused-ring (bicyclic) bond motifs is 1. The summed E-state index contributed by atoms with van der Waals surface area (Å²) in [4.78, 5) is 70.6. The second-order valence-corrected chi connectivity index (χ2v) is 20.9. The Morgan fingerprint density at radius 1 is 0.923 bits per heavy atom. The van der Waals surface area contributed by atoms with Crippen LogP contribution in [0.25, 0.3) is 0 Å². The van der Waals surface area contributed by atoms with E-state index in [1.54, 1.807) is 4.90 Å². The zero-order chi connectivity index (χ0) is 39.4. The Kier molecular flexibility index (Phi) is 11.8. The first-order valence-corrected chi connectivity index (χ1v) is 20.1. The number of ketones is 1. The average Bonchev–Trinajstić information content (AvgIpc) is 3.82. The van der Waals surface area contributed by atoms with Crippen LogP contribution in [0, 0.1) is 33.0 Å². The highest BCUT2D eigenvalue weighted by molar-refractivity contribution is 7.86. The van der Waals surface area contributed by atoms with Crippen molar-refractivity contribution in [3.8, 4) is 0 Å². The molecule has 2 spiro atoms. The van der Waals surface area contributed by atoms with Gasteiger partial charge in [0, 0.05) is 63.6 Å². The number of nitrogens with zero attached hydrogens (tertiary/aromatic N) is 3. The molecule has 4 aliphatic rings. The lowest BCUT2D eigenvalue weighted by Crippen LogP contribution is -2.55. The summed E-state index contributed by atoms with van der Waals surface area (Å²) in [7, 11) is 0.623. The van der Waals surface area contributed by atoms with Crippen LogP contribution in [0.3, 0.4) is 0 Å². The zero-order valence-electron chi connectivity index (χ0n) is 33.5. The van der Waals surface area contributed by atoms with Gasteiger partial charge in [0.1, 0.15) is 6.04 Å². The van der Waals surface area contributed by atoms with Gasteiger partial charge in [0.2, 0.25) is 23.5 Å². The Balaban J connectivity index is 1.60. The molecule has 4 amide bonds. The predicted molar refractivity (Wildman–Crippen MR) is 197 cm³/mol. The average molecular weight is 753 g/mol. The lowest BCUT2D eigenvalue weighted by molar-refractivity contribution is -0.147. The standard InChI is InChI=1S/C37H64N6O8S/c1-13-14-25(29(45)31(47)38-23-15-16-23)39-30(46)26-18-36(35(8,9)37(36)21-51-22-37)20-43(26)32(48)24(33(2,3)4)17-28(44)40-27(34(5,6)7)19-42(12)52(49,50)41(10)11/h23-27H,13-22H2,1-12H3,(H,38,47)(H,39,46)(H,40,44)/t24-,25+,26+,27-,36-/m1/s1. The van der Waals surface area contributed by atoms with Crippen LogP contribution in [0.5, 0.6) is 0 Å². The van der Waals surface area contributed by atoms with E-state index < -0.39 is 74.0 Å². The number of amides is 4. The fraction of sp³-hybridized carbons (Fsp3) is 0.865. The molecule has 296 valence electrons. The molecule has 0 aromatic rings. The molecule has 0 aromatic carbocycles. The first-order valence-electron chi connectivity index (χ1n) is 18.7. The van der Waals surface area contributed by atoms with Crippen LogP contribution in [-0.2, 0) is 38.9 Å². The van der Waals surface area contributed by atoms with E-state index in [2.05, 4.69) is 29.8 Å². The third kappa shape index (κ3) is 7.79. The van der Waals surface area contributed by atoms with Gasteiger partial charge in [-0.1, -0.05) is 68.7 Å². The fourth-order valence-corrected chi connectivity index (χ4v) is 9.30. The number of likely N-dealkylation sites (tertiary alicyclic amines) is 1. The maximum Gasteiger partial charge on any atom is 0.289 e. The molecule has 14 nitrogen and oxygen atoms in total. The first kappa shape index (κ1) is 42.1. The van der Waals surface area contributed by atoms with Crippen molar-refractivity contribution in [2.45, 2.75) is 125 Å². The van der Waals surface area contributed by atoms with Crippen molar-refractivity contribution in [3.05, 3.63) is 0 Å². The minimum atomic E-state index is -3.74. The molecule has 52 heavy (non-hydrogen) atoms. The summed E-state index contributed by atoms with van der Waals surface area (Å²) in [6, 6.07) is -2.51. The predicted octanol–water partition coefficient (Wildman–Crippen LogP) is 2.08. The molecule has 4 rings (SSSR count). The SMILES string of the molecule is CCC[C@H](NC(=O)[C@@H]1C[C@@]2(CN1C(=O)[C@@H](CC(=O)N[C@H](CN(C)S(=O)(=O)N(C)C)C(C)(C)C)C(C)(C)C)C(C)(C)C21COC1)C(=O)C(=O)NC1CC1. The maximum absolute atomic E-state index is 14.8. The Morgan fingerprint density at radius 3 is 1.96 bits per heavy atom. The van der Waals surface area contributed by atoms with E-state index in [0.717, 1.165) is 17.1 Å². The Labute approximate surface area is 311 Å². The van der Waals surface area contributed by atoms with Gasteiger partial charge in [0.25, 0.3) is 16.1 Å². The summed E-state index contributed by atoms with van der Waals surface area (Å²) in [6.45, 7) is 19.0. The summed E-state index contributed by atoms with van der Waals surface area (Å²) in [5.74, 6) is -3.43. The highest BCUT2D eigenvalue weighted by Gasteiger charge is 2.86. The maximum atomic E-state index is 14.8. The molecule has 2 saturated carbocycles. The van der Waals surface area contributed by atoms with Gasteiger partial charge in [-0.25, -0.2) is 0 Å². The number of carbonyl (C=O) groups excluding carboxylic acids is 5. The van der Waals surface area contributed by atoms with E-state index in [9.17, 15) is 32.4 Å². The van der Waals surface area contributed by atoms with Crippen molar-refractivity contribution in [3.63, 3.8) is 0 Å².